The molecule has 35 heavy (non-hydrogen) atoms. The first kappa shape index (κ1) is 23.1. The van der Waals surface area contributed by atoms with Gasteiger partial charge in [0.2, 0.25) is 5.91 Å². The van der Waals surface area contributed by atoms with Gasteiger partial charge in [0.25, 0.3) is 5.56 Å². The van der Waals surface area contributed by atoms with Crippen molar-refractivity contribution >= 4 is 46.3 Å². The number of carbonyl (C=O) groups is 2. The third-order valence-corrected chi connectivity index (χ3v) is 7.13. The molecule has 4 heterocycles. The van der Waals surface area contributed by atoms with Crippen molar-refractivity contribution in [3.8, 4) is 0 Å². The summed E-state index contributed by atoms with van der Waals surface area (Å²) in [5.41, 5.74) is -0.430. The Labute approximate surface area is 203 Å². The van der Waals surface area contributed by atoms with Crippen LogP contribution in [0.3, 0.4) is 0 Å². The minimum atomic E-state index is -0.983. The SMILES string of the molecule is Cn1c(=O)n(CC(O)CCC2CN(c3ccc4c(n3)NC(=O)CS4)C(=O)O2)c(=O)c2ccccc21. The van der Waals surface area contributed by atoms with Crippen LogP contribution < -0.4 is 21.5 Å². The minimum absolute atomic E-state index is 0.150. The Bertz CT molecular complexity index is 1450. The van der Waals surface area contributed by atoms with Gasteiger partial charge in [0.15, 0.2) is 0 Å². The summed E-state index contributed by atoms with van der Waals surface area (Å²) in [6, 6.07) is 10.3. The van der Waals surface area contributed by atoms with E-state index in [1.807, 2.05) is 0 Å². The Kier molecular flexibility index (Phi) is 6.07. The molecule has 2 aromatic heterocycles. The van der Waals surface area contributed by atoms with E-state index in [0.717, 1.165) is 9.46 Å². The summed E-state index contributed by atoms with van der Waals surface area (Å²) in [5.74, 6) is 0.953. The highest BCUT2D eigenvalue weighted by molar-refractivity contribution is 8.00. The van der Waals surface area contributed by atoms with Gasteiger partial charge in [0.1, 0.15) is 17.7 Å². The number of ether oxygens (including phenoxy) is 1. The van der Waals surface area contributed by atoms with Gasteiger partial charge in [-0.25, -0.2) is 14.6 Å². The number of rotatable bonds is 6. The summed E-state index contributed by atoms with van der Waals surface area (Å²) >= 11 is 1.38. The first-order chi connectivity index (χ1) is 16.8. The van der Waals surface area contributed by atoms with Gasteiger partial charge in [0, 0.05) is 7.05 Å². The fourth-order valence-corrected chi connectivity index (χ4v) is 5.02. The lowest BCUT2D eigenvalue weighted by atomic mass is 10.1. The van der Waals surface area contributed by atoms with E-state index in [2.05, 4.69) is 10.3 Å². The summed E-state index contributed by atoms with van der Waals surface area (Å²) in [6.45, 7) is 0.0700. The monoisotopic (exact) mass is 497 g/mol. The van der Waals surface area contributed by atoms with Crippen molar-refractivity contribution in [2.45, 2.75) is 36.5 Å². The van der Waals surface area contributed by atoms with Crippen LogP contribution in [0.4, 0.5) is 16.4 Å². The zero-order valence-corrected chi connectivity index (χ0v) is 19.7. The molecule has 182 valence electrons. The van der Waals surface area contributed by atoms with Gasteiger partial charge in [-0.05, 0) is 37.1 Å². The van der Waals surface area contributed by atoms with Crippen molar-refractivity contribution in [2.75, 3.05) is 22.5 Å². The quantitative estimate of drug-likeness (QED) is 0.520. The van der Waals surface area contributed by atoms with Gasteiger partial charge in [-0.1, -0.05) is 12.1 Å². The lowest BCUT2D eigenvalue weighted by Gasteiger charge is -2.18. The number of para-hydroxylation sites is 1. The van der Waals surface area contributed by atoms with Crippen molar-refractivity contribution < 1.29 is 19.4 Å². The van der Waals surface area contributed by atoms with Gasteiger partial charge in [0.05, 0.1) is 40.7 Å². The number of hydrogen-bond donors (Lipinski definition) is 2. The maximum absolute atomic E-state index is 12.8. The highest BCUT2D eigenvalue weighted by Gasteiger charge is 2.34. The van der Waals surface area contributed by atoms with Crippen molar-refractivity contribution in [3.05, 3.63) is 57.2 Å². The highest BCUT2D eigenvalue weighted by atomic mass is 32.2. The number of anilines is 2. The van der Waals surface area contributed by atoms with Gasteiger partial charge in [-0.3, -0.25) is 23.6 Å². The molecular formula is C23H23N5O6S. The number of nitrogens with one attached hydrogen (secondary N) is 1. The average molecular weight is 498 g/mol. The normalized spacial score (nSPS) is 18.3. The van der Waals surface area contributed by atoms with Crippen molar-refractivity contribution in [1.29, 1.82) is 0 Å². The van der Waals surface area contributed by atoms with Crippen molar-refractivity contribution in [2.24, 2.45) is 7.05 Å². The molecule has 2 aliphatic rings. The van der Waals surface area contributed by atoms with Crippen LogP contribution in [0.25, 0.3) is 10.9 Å². The summed E-state index contributed by atoms with van der Waals surface area (Å²) in [7, 11) is 1.58. The molecular weight excluding hydrogens is 474 g/mol. The van der Waals surface area contributed by atoms with Crippen LogP contribution in [0, 0.1) is 0 Å². The van der Waals surface area contributed by atoms with E-state index in [-0.39, 0.29) is 25.4 Å². The van der Waals surface area contributed by atoms with Gasteiger partial charge in [-0.15, -0.1) is 11.8 Å². The number of nitrogens with zero attached hydrogens (tertiary/aromatic N) is 4. The van der Waals surface area contributed by atoms with Gasteiger partial charge in [-0.2, -0.15) is 0 Å². The molecule has 2 atom stereocenters. The highest BCUT2D eigenvalue weighted by Crippen LogP contribution is 2.33. The van der Waals surface area contributed by atoms with Crippen LogP contribution in [-0.2, 0) is 23.1 Å². The second kappa shape index (κ2) is 9.19. The van der Waals surface area contributed by atoms with E-state index >= 15 is 0 Å². The Morgan fingerprint density at radius 2 is 2.00 bits per heavy atom. The largest absolute Gasteiger partial charge is 0.444 e. The molecule has 2 amide bonds. The number of thioether (sulfide) groups is 1. The average Bonchev–Trinajstić information content (AvgIpc) is 3.24. The number of fused-ring (bicyclic) bond motifs is 2. The zero-order valence-electron chi connectivity index (χ0n) is 18.8. The van der Waals surface area contributed by atoms with Crippen molar-refractivity contribution in [1.82, 2.24) is 14.1 Å². The molecule has 0 aliphatic carbocycles. The first-order valence-corrected chi connectivity index (χ1v) is 12.1. The topological polar surface area (TPSA) is 136 Å². The number of amides is 2. The molecule has 1 aromatic carbocycles. The molecule has 0 saturated carbocycles. The molecule has 2 N–H and O–H groups in total. The Balaban J connectivity index is 1.24. The van der Waals surface area contributed by atoms with E-state index < -0.39 is 29.6 Å². The number of aryl methyl sites for hydroxylation is 1. The van der Waals surface area contributed by atoms with Crippen LogP contribution in [0.15, 0.2) is 50.9 Å². The molecule has 0 bridgehead atoms. The number of aliphatic hydroxyl groups excluding tert-OH is 1. The number of carbonyl (C=O) groups excluding carboxylic acids is 2. The van der Waals surface area contributed by atoms with Crippen molar-refractivity contribution in [3.63, 3.8) is 0 Å². The standard InChI is InChI=1S/C23H23N5O6S/c1-26-16-5-3-2-4-15(16)21(31)28(22(26)32)10-13(29)6-7-14-11-27(23(33)34-14)18-9-8-17-20(24-18)25-19(30)12-35-17/h2-5,8-9,13-14,29H,6-7,10-12H2,1H3,(H,24,25,30). The molecule has 1 fully saturated rings. The predicted molar refractivity (Wildman–Crippen MR) is 130 cm³/mol. The van der Waals surface area contributed by atoms with E-state index in [9.17, 15) is 24.3 Å². The number of cyclic esters (lactones) is 1. The third kappa shape index (κ3) is 4.42. The molecule has 0 radical (unpaired) electrons. The lowest BCUT2D eigenvalue weighted by Crippen LogP contribution is -2.41. The minimum Gasteiger partial charge on any atom is -0.444 e. The van der Waals surface area contributed by atoms with Crippen LogP contribution in [0.5, 0.6) is 0 Å². The van der Waals surface area contributed by atoms with Gasteiger partial charge >= 0.3 is 11.8 Å². The lowest BCUT2D eigenvalue weighted by molar-refractivity contribution is -0.113. The summed E-state index contributed by atoms with van der Waals surface area (Å²) in [5, 5.41) is 13.7. The molecule has 5 rings (SSSR count). The Morgan fingerprint density at radius 1 is 1.20 bits per heavy atom. The van der Waals surface area contributed by atoms with Gasteiger partial charge < -0.3 is 15.2 Å². The van der Waals surface area contributed by atoms with Crippen LogP contribution >= 0.6 is 11.8 Å². The van der Waals surface area contributed by atoms with Crippen LogP contribution in [0.1, 0.15) is 12.8 Å². The summed E-state index contributed by atoms with van der Waals surface area (Å²) < 4.78 is 7.84. The fraction of sp³-hybridized carbons (Fsp3) is 0.348. The molecule has 11 nitrogen and oxygen atoms in total. The maximum atomic E-state index is 12.8. The first-order valence-electron chi connectivity index (χ1n) is 11.1. The third-order valence-electron chi connectivity index (χ3n) is 6.08. The molecule has 2 aliphatic heterocycles. The Hall–Kier alpha value is -3.64. The second-order valence-electron chi connectivity index (χ2n) is 8.48. The maximum Gasteiger partial charge on any atom is 0.415 e. The number of hydrogen-bond acceptors (Lipinski definition) is 8. The summed E-state index contributed by atoms with van der Waals surface area (Å²) in [6.07, 6.45) is -1.48. The fourth-order valence-electron chi connectivity index (χ4n) is 4.27. The molecule has 1 saturated heterocycles. The smallest absolute Gasteiger partial charge is 0.415 e. The van der Waals surface area contributed by atoms with E-state index in [1.54, 1.807) is 43.4 Å². The van der Waals surface area contributed by atoms with Crippen LogP contribution in [0.2, 0.25) is 0 Å². The number of aromatic nitrogens is 3. The van der Waals surface area contributed by atoms with E-state index in [4.69, 9.17) is 4.74 Å². The number of benzene rings is 1. The van der Waals surface area contributed by atoms with E-state index in [1.165, 1.54) is 21.2 Å². The molecule has 12 heteroatoms. The summed E-state index contributed by atoms with van der Waals surface area (Å²) in [4.78, 5) is 56.1. The molecule has 2 unspecified atom stereocenters. The van der Waals surface area contributed by atoms with Crippen LogP contribution in [-0.4, -0.2) is 55.7 Å². The molecule has 0 spiro atoms. The Morgan fingerprint density at radius 3 is 2.83 bits per heavy atom. The number of aliphatic hydroxyl groups is 1. The second-order valence-corrected chi connectivity index (χ2v) is 9.49. The number of pyridine rings is 1. The van der Waals surface area contributed by atoms with E-state index in [0.29, 0.717) is 34.7 Å². The predicted octanol–water partition coefficient (Wildman–Crippen LogP) is 1.31. The zero-order chi connectivity index (χ0) is 24.7. The molecule has 3 aromatic rings.